The Labute approximate surface area is 213 Å². The minimum absolute atomic E-state index is 0.308. The number of rotatable bonds is 7. The molecule has 188 valence electrons. The molecule has 0 spiro atoms. The first-order valence-corrected chi connectivity index (χ1v) is 13.0. The van der Waals surface area contributed by atoms with Gasteiger partial charge < -0.3 is 25.6 Å². The van der Waals surface area contributed by atoms with Crippen molar-refractivity contribution in [2.45, 2.75) is 70.4 Å². The molecule has 8 nitrogen and oxygen atoms in total. The van der Waals surface area contributed by atoms with E-state index in [2.05, 4.69) is 34.9 Å². The van der Waals surface area contributed by atoms with E-state index in [1.54, 1.807) is 19.1 Å². The van der Waals surface area contributed by atoms with Gasteiger partial charge in [-0.1, -0.05) is 6.07 Å². The lowest BCUT2D eigenvalue weighted by Crippen LogP contribution is -2.42. The van der Waals surface area contributed by atoms with Gasteiger partial charge in [0.1, 0.15) is 5.82 Å². The number of carbonyl (C=O) groups is 1. The quantitative estimate of drug-likeness (QED) is 0.383. The Morgan fingerprint density at radius 3 is 2.60 bits per heavy atom. The van der Waals surface area contributed by atoms with Crippen LogP contribution in [0.15, 0.2) is 24.3 Å². The van der Waals surface area contributed by atoms with Crippen LogP contribution in [0.3, 0.4) is 0 Å². The van der Waals surface area contributed by atoms with Gasteiger partial charge in [0.2, 0.25) is 5.95 Å². The molecule has 0 aliphatic heterocycles. The van der Waals surface area contributed by atoms with E-state index in [0.717, 1.165) is 56.0 Å². The van der Waals surface area contributed by atoms with Gasteiger partial charge in [0.05, 0.1) is 17.9 Å². The summed E-state index contributed by atoms with van der Waals surface area (Å²) in [6.07, 6.45) is 8.59. The Hall–Kier alpha value is -2.94. The van der Waals surface area contributed by atoms with Crippen LogP contribution in [0, 0.1) is 0 Å². The smallest absolute Gasteiger partial charge is 0.338 e. The minimum Gasteiger partial charge on any atom is -0.462 e. The van der Waals surface area contributed by atoms with Crippen LogP contribution in [0.5, 0.6) is 0 Å². The van der Waals surface area contributed by atoms with Crippen LogP contribution in [-0.4, -0.2) is 53.8 Å². The Morgan fingerprint density at radius 1 is 1.11 bits per heavy atom. The number of esters is 1. The van der Waals surface area contributed by atoms with Crippen molar-refractivity contribution in [2.75, 3.05) is 36.2 Å². The molecule has 1 saturated carbocycles. The van der Waals surface area contributed by atoms with Gasteiger partial charge in [0.15, 0.2) is 5.11 Å². The topological polar surface area (TPSA) is 91.4 Å². The molecular weight excluding hydrogens is 460 g/mol. The van der Waals surface area contributed by atoms with E-state index in [-0.39, 0.29) is 5.97 Å². The molecule has 2 aliphatic carbocycles. The average molecular weight is 497 g/mol. The zero-order valence-corrected chi connectivity index (χ0v) is 21.7. The minimum atomic E-state index is -0.332. The standard InChI is InChI=1S/C26H36N6O2S/c1-4-34-24(33)17-8-7-9-20(16-17)29-26(35)28-19-14-12-18(13-15-19)27-25-30-22-11-6-5-10-21(22)23(31-25)32(2)3/h7-9,16,18-19H,4-6,10-15H2,1-3H3,(H,27,30,31)(H2,28,29,35)/t18-,19+. The van der Waals surface area contributed by atoms with Gasteiger partial charge in [-0.2, -0.15) is 4.98 Å². The zero-order chi connectivity index (χ0) is 24.8. The largest absolute Gasteiger partial charge is 0.462 e. The van der Waals surface area contributed by atoms with Crippen LogP contribution < -0.4 is 20.9 Å². The van der Waals surface area contributed by atoms with E-state index in [1.807, 2.05) is 12.1 Å². The van der Waals surface area contributed by atoms with Crippen LogP contribution >= 0.6 is 12.2 Å². The highest BCUT2D eigenvalue weighted by Crippen LogP contribution is 2.29. The molecule has 1 fully saturated rings. The van der Waals surface area contributed by atoms with Crippen molar-refractivity contribution < 1.29 is 9.53 Å². The predicted molar refractivity (Wildman–Crippen MR) is 144 cm³/mol. The number of benzene rings is 1. The summed E-state index contributed by atoms with van der Waals surface area (Å²) < 4.78 is 5.08. The summed E-state index contributed by atoms with van der Waals surface area (Å²) in [5, 5.41) is 10.8. The summed E-state index contributed by atoms with van der Waals surface area (Å²) in [6, 6.07) is 7.86. The second kappa shape index (κ2) is 11.7. The first kappa shape index (κ1) is 25.2. The van der Waals surface area contributed by atoms with E-state index in [0.29, 0.717) is 29.4 Å². The fraction of sp³-hybridized carbons (Fsp3) is 0.538. The summed E-state index contributed by atoms with van der Waals surface area (Å²) in [4.78, 5) is 23.8. The van der Waals surface area contributed by atoms with Gasteiger partial charge in [0, 0.05) is 37.4 Å². The van der Waals surface area contributed by atoms with Crippen LogP contribution in [0.1, 0.15) is 67.1 Å². The molecule has 1 aromatic carbocycles. The fourth-order valence-electron chi connectivity index (χ4n) is 4.86. The second-order valence-electron chi connectivity index (χ2n) is 9.49. The lowest BCUT2D eigenvalue weighted by Gasteiger charge is -2.31. The first-order valence-electron chi connectivity index (χ1n) is 12.6. The SMILES string of the molecule is CCOC(=O)c1cccc(NC(=S)N[C@H]2CC[C@@H](Nc3nc4c(c(N(C)C)n3)CCCC4)CC2)c1. The second-order valence-corrected chi connectivity index (χ2v) is 9.90. The maximum Gasteiger partial charge on any atom is 0.338 e. The monoisotopic (exact) mass is 496 g/mol. The number of nitrogens with zero attached hydrogens (tertiary/aromatic N) is 3. The van der Waals surface area contributed by atoms with Gasteiger partial charge in [-0.25, -0.2) is 9.78 Å². The molecular formula is C26H36N6O2S. The molecule has 35 heavy (non-hydrogen) atoms. The highest BCUT2D eigenvalue weighted by atomic mass is 32.1. The number of carbonyl (C=O) groups excluding carboxylic acids is 1. The van der Waals surface area contributed by atoms with Crippen molar-refractivity contribution in [1.82, 2.24) is 15.3 Å². The Morgan fingerprint density at radius 2 is 1.86 bits per heavy atom. The van der Waals surface area contributed by atoms with Gasteiger partial charge in [-0.3, -0.25) is 0 Å². The van der Waals surface area contributed by atoms with Gasteiger partial charge in [0.25, 0.3) is 0 Å². The molecule has 2 aliphatic rings. The molecule has 0 amide bonds. The molecule has 0 radical (unpaired) electrons. The van der Waals surface area contributed by atoms with Gasteiger partial charge in [-0.15, -0.1) is 0 Å². The van der Waals surface area contributed by atoms with Crippen molar-refractivity contribution in [3.63, 3.8) is 0 Å². The summed E-state index contributed by atoms with van der Waals surface area (Å²) in [6.45, 7) is 2.15. The van der Waals surface area contributed by atoms with Crippen molar-refractivity contribution >= 4 is 40.8 Å². The molecule has 2 aromatic rings. The zero-order valence-electron chi connectivity index (χ0n) is 20.9. The Bertz CT molecular complexity index is 1050. The summed E-state index contributed by atoms with van der Waals surface area (Å²) in [5.74, 6) is 1.47. The fourth-order valence-corrected chi connectivity index (χ4v) is 5.15. The molecule has 1 heterocycles. The van der Waals surface area contributed by atoms with Crippen molar-refractivity contribution in [2.24, 2.45) is 0 Å². The van der Waals surface area contributed by atoms with Crippen LogP contribution in [0.2, 0.25) is 0 Å². The van der Waals surface area contributed by atoms with E-state index in [9.17, 15) is 4.79 Å². The number of hydrogen-bond acceptors (Lipinski definition) is 7. The molecule has 0 saturated heterocycles. The highest BCUT2D eigenvalue weighted by molar-refractivity contribution is 7.80. The van der Waals surface area contributed by atoms with Gasteiger partial charge in [-0.05, 0) is 88.7 Å². The molecule has 0 unspecified atom stereocenters. The lowest BCUT2D eigenvalue weighted by atomic mass is 9.91. The maximum absolute atomic E-state index is 12.0. The van der Waals surface area contributed by atoms with Crippen LogP contribution in [0.25, 0.3) is 0 Å². The normalized spacial score (nSPS) is 19.3. The summed E-state index contributed by atoms with van der Waals surface area (Å²) in [5.41, 5.74) is 3.79. The maximum atomic E-state index is 12.0. The Balaban J connectivity index is 1.28. The number of thiocarbonyl (C=S) groups is 1. The number of hydrogen-bond donors (Lipinski definition) is 3. The molecule has 0 atom stereocenters. The van der Waals surface area contributed by atoms with Gasteiger partial charge >= 0.3 is 5.97 Å². The number of ether oxygens (including phenoxy) is 1. The number of aromatic nitrogens is 2. The molecule has 9 heteroatoms. The average Bonchev–Trinajstić information content (AvgIpc) is 2.85. The molecule has 4 rings (SSSR count). The third kappa shape index (κ3) is 6.60. The number of aryl methyl sites for hydroxylation is 1. The summed E-state index contributed by atoms with van der Waals surface area (Å²) in [7, 11) is 4.11. The van der Waals surface area contributed by atoms with Crippen LogP contribution in [0.4, 0.5) is 17.5 Å². The number of anilines is 3. The highest BCUT2D eigenvalue weighted by Gasteiger charge is 2.24. The molecule has 0 bridgehead atoms. The van der Waals surface area contributed by atoms with E-state index < -0.39 is 0 Å². The summed E-state index contributed by atoms with van der Waals surface area (Å²) >= 11 is 5.53. The Kier molecular flexibility index (Phi) is 8.38. The van der Waals surface area contributed by atoms with E-state index >= 15 is 0 Å². The van der Waals surface area contributed by atoms with Crippen molar-refractivity contribution in [1.29, 1.82) is 0 Å². The van der Waals surface area contributed by atoms with Crippen molar-refractivity contribution in [3.05, 3.63) is 41.1 Å². The lowest BCUT2D eigenvalue weighted by molar-refractivity contribution is 0.0526. The van der Waals surface area contributed by atoms with Crippen molar-refractivity contribution in [3.8, 4) is 0 Å². The molecule has 3 N–H and O–H groups in total. The predicted octanol–water partition coefficient (Wildman–Crippen LogP) is 4.31. The number of nitrogens with one attached hydrogen (secondary N) is 3. The van der Waals surface area contributed by atoms with Crippen LogP contribution in [-0.2, 0) is 17.6 Å². The third-order valence-electron chi connectivity index (χ3n) is 6.61. The first-order chi connectivity index (χ1) is 16.9. The van der Waals surface area contributed by atoms with E-state index in [1.165, 1.54) is 24.1 Å². The third-order valence-corrected chi connectivity index (χ3v) is 6.83. The number of fused-ring (bicyclic) bond motifs is 1. The van der Waals surface area contributed by atoms with E-state index in [4.69, 9.17) is 26.9 Å². The molecule has 1 aromatic heterocycles.